The maximum atomic E-state index is 12.5. The van der Waals surface area contributed by atoms with Crippen molar-refractivity contribution in [2.45, 2.75) is 37.7 Å². The fourth-order valence-electron chi connectivity index (χ4n) is 2.23. The number of carbonyl (C=O) groups excluding carboxylic acids is 2. The standard InChI is InChI=1S/C16H19N5O7S/c1-2-29(26,27)15-18-19-20-21(15)9-13(22)12(8-14(23)24)17-16(25)28-10-11-6-4-3-5-7-11/h3-7,12H,2,8-10H2,1H3,(H,17,25)(H,23,24). The van der Waals surface area contributed by atoms with Crippen LogP contribution >= 0.6 is 0 Å². The van der Waals surface area contributed by atoms with E-state index < -0.39 is 51.8 Å². The SMILES string of the molecule is CCS(=O)(=O)c1nnnn1CC(=O)C(CC(=O)O)NC(=O)OCc1ccccc1. The van der Waals surface area contributed by atoms with Crippen LogP contribution in [0.2, 0.25) is 0 Å². The fourth-order valence-corrected chi connectivity index (χ4v) is 3.07. The van der Waals surface area contributed by atoms with E-state index in [2.05, 4.69) is 20.8 Å². The molecule has 2 rings (SSSR count). The first-order valence-electron chi connectivity index (χ1n) is 8.43. The van der Waals surface area contributed by atoms with Crippen LogP contribution in [0.25, 0.3) is 0 Å². The quantitative estimate of drug-likeness (QED) is 0.519. The Labute approximate surface area is 165 Å². The number of tetrazole rings is 1. The number of aromatic nitrogens is 4. The molecule has 29 heavy (non-hydrogen) atoms. The molecule has 1 amide bonds. The topological polar surface area (TPSA) is 170 Å². The third kappa shape index (κ3) is 6.34. The number of benzene rings is 1. The molecule has 0 radical (unpaired) electrons. The molecule has 1 unspecified atom stereocenters. The van der Waals surface area contributed by atoms with Crippen LogP contribution in [-0.2, 0) is 37.3 Å². The number of nitrogens with one attached hydrogen (secondary N) is 1. The lowest BCUT2D eigenvalue weighted by molar-refractivity contribution is -0.139. The van der Waals surface area contributed by atoms with E-state index in [1.54, 1.807) is 30.3 Å². The Morgan fingerprint density at radius 1 is 1.24 bits per heavy atom. The highest BCUT2D eigenvalue weighted by Gasteiger charge is 2.28. The molecule has 1 atom stereocenters. The second-order valence-corrected chi connectivity index (χ2v) is 8.02. The summed E-state index contributed by atoms with van der Waals surface area (Å²) in [5.74, 6) is -2.43. The number of alkyl carbamates (subject to hydrolysis) is 1. The molecule has 0 aliphatic heterocycles. The summed E-state index contributed by atoms with van der Waals surface area (Å²) in [5.41, 5.74) is 0.701. The van der Waals surface area contributed by atoms with E-state index in [0.717, 1.165) is 4.68 Å². The number of carboxylic acid groups (broad SMARTS) is 1. The van der Waals surface area contributed by atoms with Gasteiger partial charge in [0.25, 0.3) is 5.16 Å². The van der Waals surface area contributed by atoms with Crippen molar-refractivity contribution in [1.29, 1.82) is 0 Å². The van der Waals surface area contributed by atoms with Crippen LogP contribution in [0.3, 0.4) is 0 Å². The van der Waals surface area contributed by atoms with E-state index >= 15 is 0 Å². The molecule has 1 aromatic carbocycles. The first kappa shape index (κ1) is 21.9. The van der Waals surface area contributed by atoms with Crippen LogP contribution in [-0.4, -0.2) is 63.4 Å². The van der Waals surface area contributed by atoms with Crippen molar-refractivity contribution < 1.29 is 32.6 Å². The number of nitrogens with zero attached hydrogens (tertiary/aromatic N) is 4. The van der Waals surface area contributed by atoms with E-state index in [1.807, 2.05) is 0 Å². The average molecular weight is 425 g/mol. The molecule has 0 saturated carbocycles. The monoisotopic (exact) mass is 425 g/mol. The van der Waals surface area contributed by atoms with Gasteiger partial charge in [0.15, 0.2) is 5.78 Å². The van der Waals surface area contributed by atoms with Gasteiger partial charge in [-0.1, -0.05) is 42.4 Å². The van der Waals surface area contributed by atoms with Gasteiger partial charge in [0.2, 0.25) is 9.84 Å². The summed E-state index contributed by atoms with van der Waals surface area (Å²) in [6.45, 7) is 0.665. The van der Waals surface area contributed by atoms with Crippen molar-refractivity contribution in [1.82, 2.24) is 25.5 Å². The van der Waals surface area contributed by atoms with Crippen LogP contribution in [0.1, 0.15) is 18.9 Å². The number of rotatable bonds is 10. The maximum absolute atomic E-state index is 12.5. The van der Waals surface area contributed by atoms with Crippen molar-refractivity contribution >= 4 is 27.7 Å². The predicted molar refractivity (Wildman–Crippen MR) is 96.4 cm³/mol. The van der Waals surface area contributed by atoms with Gasteiger partial charge in [-0.25, -0.2) is 17.9 Å². The molecule has 0 aliphatic rings. The van der Waals surface area contributed by atoms with E-state index in [-0.39, 0.29) is 12.4 Å². The zero-order valence-corrected chi connectivity index (χ0v) is 16.2. The Morgan fingerprint density at radius 2 is 1.93 bits per heavy atom. The summed E-state index contributed by atoms with van der Waals surface area (Å²) in [4.78, 5) is 35.5. The first-order chi connectivity index (χ1) is 13.7. The van der Waals surface area contributed by atoms with Gasteiger partial charge < -0.3 is 15.2 Å². The Bertz CT molecular complexity index is 975. The molecular weight excluding hydrogens is 406 g/mol. The summed E-state index contributed by atoms with van der Waals surface area (Å²) in [6, 6.07) is 7.28. The van der Waals surface area contributed by atoms with Gasteiger partial charge in [-0.2, -0.15) is 0 Å². The van der Waals surface area contributed by atoms with Crippen molar-refractivity contribution in [3.05, 3.63) is 35.9 Å². The molecule has 2 aromatic rings. The normalized spacial score (nSPS) is 12.2. The molecule has 0 bridgehead atoms. The minimum Gasteiger partial charge on any atom is -0.481 e. The number of ketones is 1. The highest BCUT2D eigenvalue weighted by Crippen LogP contribution is 2.07. The van der Waals surface area contributed by atoms with Crippen molar-refractivity contribution in [3.63, 3.8) is 0 Å². The molecular formula is C16H19N5O7S. The first-order valence-corrected chi connectivity index (χ1v) is 10.1. The Balaban J connectivity index is 2.06. The van der Waals surface area contributed by atoms with Crippen LogP contribution < -0.4 is 5.32 Å². The van der Waals surface area contributed by atoms with Crippen molar-refractivity contribution in [3.8, 4) is 0 Å². The highest BCUT2D eigenvalue weighted by atomic mass is 32.2. The van der Waals surface area contributed by atoms with Gasteiger partial charge >= 0.3 is 12.1 Å². The number of amides is 1. The number of Topliss-reactive ketones (excluding diaryl/α,β-unsaturated/α-hetero) is 1. The summed E-state index contributed by atoms with van der Waals surface area (Å²) in [6.07, 6.45) is -1.72. The maximum Gasteiger partial charge on any atom is 0.408 e. The second kappa shape index (κ2) is 9.73. The van der Waals surface area contributed by atoms with Gasteiger partial charge in [-0.05, 0) is 16.0 Å². The predicted octanol–water partition coefficient (Wildman–Crippen LogP) is -0.194. The molecule has 13 heteroatoms. The molecule has 2 N–H and O–H groups in total. The number of aliphatic carboxylic acids is 1. The van der Waals surface area contributed by atoms with Crippen molar-refractivity contribution in [2.75, 3.05) is 5.75 Å². The molecule has 0 spiro atoms. The number of carbonyl (C=O) groups is 3. The van der Waals surface area contributed by atoms with Crippen LogP contribution in [0.4, 0.5) is 4.79 Å². The number of hydrogen-bond acceptors (Lipinski definition) is 9. The third-order valence-electron chi connectivity index (χ3n) is 3.74. The minimum atomic E-state index is -3.80. The van der Waals surface area contributed by atoms with Crippen LogP contribution in [0.5, 0.6) is 0 Å². The lowest BCUT2D eigenvalue weighted by Crippen LogP contribution is -2.44. The van der Waals surface area contributed by atoms with Crippen molar-refractivity contribution in [2.24, 2.45) is 0 Å². The Kier molecular flexibility index (Phi) is 7.36. The average Bonchev–Trinajstić information content (AvgIpc) is 3.15. The zero-order valence-electron chi connectivity index (χ0n) is 15.4. The Morgan fingerprint density at radius 3 is 2.55 bits per heavy atom. The summed E-state index contributed by atoms with van der Waals surface area (Å²) in [5, 5.41) is 20.8. The summed E-state index contributed by atoms with van der Waals surface area (Å²) in [7, 11) is -3.80. The van der Waals surface area contributed by atoms with Gasteiger partial charge in [0, 0.05) is 0 Å². The number of sulfone groups is 1. The lowest BCUT2D eigenvalue weighted by Gasteiger charge is -2.16. The van der Waals surface area contributed by atoms with E-state index in [0.29, 0.717) is 5.56 Å². The second-order valence-electron chi connectivity index (χ2n) is 5.85. The third-order valence-corrected chi connectivity index (χ3v) is 5.34. The highest BCUT2D eigenvalue weighted by molar-refractivity contribution is 7.91. The molecule has 12 nitrogen and oxygen atoms in total. The minimum absolute atomic E-state index is 0.0768. The molecule has 1 aromatic heterocycles. The lowest BCUT2D eigenvalue weighted by atomic mass is 10.1. The molecule has 0 saturated heterocycles. The largest absolute Gasteiger partial charge is 0.481 e. The number of hydrogen-bond donors (Lipinski definition) is 2. The number of ether oxygens (including phenoxy) is 1. The van der Waals surface area contributed by atoms with Gasteiger partial charge in [0.05, 0.1) is 12.2 Å². The van der Waals surface area contributed by atoms with E-state index in [4.69, 9.17) is 9.84 Å². The molecule has 0 fully saturated rings. The van der Waals surface area contributed by atoms with E-state index in [9.17, 15) is 22.8 Å². The fraction of sp³-hybridized carbons (Fsp3) is 0.375. The Hall–Kier alpha value is -3.35. The smallest absolute Gasteiger partial charge is 0.408 e. The number of carboxylic acids is 1. The zero-order chi connectivity index (χ0) is 21.4. The van der Waals surface area contributed by atoms with E-state index in [1.165, 1.54) is 6.92 Å². The van der Waals surface area contributed by atoms with Gasteiger partial charge in [0.1, 0.15) is 19.2 Å². The van der Waals surface area contributed by atoms with Crippen LogP contribution in [0.15, 0.2) is 35.5 Å². The molecule has 1 heterocycles. The molecule has 156 valence electrons. The van der Waals surface area contributed by atoms with Gasteiger partial charge in [-0.15, -0.1) is 0 Å². The summed E-state index contributed by atoms with van der Waals surface area (Å²) >= 11 is 0. The molecule has 0 aliphatic carbocycles. The van der Waals surface area contributed by atoms with Gasteiger partial charge in [-0.3, -0.25) is 9.59 Å². The summed E-state index contributed by atoms with van der Waals surface area (Å²) < 4.78 is 29.6. The van der Waals surface area contributed by atoms with Crippen LogP contribution in [0, 0.1) is 0 Å².